The number of amides is 1. The Morgan fingerprint density at radius 3 is 2.57 bits per heavy atom. The van der Waals surface area contributed by atoms with E-state index in [1.54, 1.807) is 0 Å². The highest BCUT2D eigenvalue weighted by atomic mass is 35.5. The summed E-state index contributed by atoms with van der Waals surface area (Å²) in [6, 6.07) is 11.8. The van der Waals surface area contributed by atoms with Crippen LogP contribution >= 0.6 is 11.6 Å². The van der Waals surface area contributed by atoms with Crippen LogP contribution in [0, 0.1) is 11.3 Å². The van der Waals surface area contributed by atoms with Crippen LogP contribution in [-0.4, -0.2) is 25.1 Å². The molecule has 0 spiro atoms. The summed E-state index contributed by atoms with van der Waals surface area (Å²) in [5.41, 5.74) is 0.960. The van der Waals surface area contributed by atoms with Crippen molar-refractivity contribution in [2.45, 2.75) is 6.61 Å². The van der Waals surface area contributed by atoms with E-state index in [0.717, 1.165) is 6.08 Å². The van der Waals surface area contributed by atoms with Gasteiger partial charge in [-0.25, -0.2) is 4.79 Å². The maximum atomic E-state index is 12.1. The quantitative estimate of drug-likeness (QED) is 0.554. The topological polar surface area (TPSA) is 88.4 Å². The molecule has 6 nitrogen and oxygen atoms in total. The molecule has 2 aromatic rings. The van der Waals surface area contributed by atoms with Crippen LogP contribution in [0.5, 0.6) is 5.75 Å². The number of benzene rings is 2. The molecular weight excluding hydrogens is 394 g/mol. The van der Waals surface area contributed by atoms with E-state index < -0.39 is 25.1 Å². The summed E-state index contributed by atoms with van der Waals surface area (Å²) < 4.78 is 33.2. The lowest BCUT2D eigenvalue weighted by atomic mass is 10.2. The Labute approximate surface area is 163 Å². The Bertz CT molecular complexity index is 925. The van der Waals surface area contributed by atoms with Crippen molar-refractivity contribution in [3.63, 3.8) is 0 Å². The first-order chi connectivity index (χ1) is 13.4. The zero-order valence-corrected chi connectivity index (χ0v) is 15.0. The Kier molecular flexibility index (Phi) is 7.48. The van der Waals surface area contributed by atoms with Gasteiger partial charge in [0, 0.05) is 11.1 Å². The lowest BCUT2D eigenvalue weighted by Crippen LogP contribution is -2.20. The number of esters is 1. The molecule has 0 saturated carbocycles. The fraction of sp³-hybridized carbons (Fsp3) is 0.105. The van der Waals surface area contributed by atoms with E-state index in [1.807, 2.05) is 6.07 Å². The van der Waals surface area contributed by atoms with E-state index in [9.17, 15) is 18.4 Å². The van der Waals surface area contributed by atoms with Gasteiger partial charge in [0.1, 0.15) is 11.8 Å². The summed E-state index contributed by atoms with van der Waals surface area (Å²) in [7, 11) is 0. The number of anilines is 1. The van der Waals surface area contributed by atoms with Gasteiger partial charge in [-0.2, -0.15) is 14.0 Å². The Morgan fingerprint density at radius 2 is 1.93 bits per heavy atom. The number of hydrogen-bond donors (Lipinski definition) is 1. The van der Waals surface area contributed by atoms with Gasteiger partial charge in [0.05, 0.1) is 11.3 Å². The number of carbonyl (C=O) groups excluding carboxylic acids is 2. The van der Waals surface area contributed by atoms with E-state index in [1.165, 1.54) is 48.5 Å². The number of nitriles is 1. The predicted molar refractivity (Wildman–Crippen MR) is 97.9 cm³/mol. The fourth-order valence-electron chi connectivity index (χ4n) is 2.01. The monoisotopic (exact) mass is 406 g/mol. The third-order valence-electron chi connectivity index (χ3n) is 3.24. The number of halogens is 3. The molecule has 0 aromatic heterocycles. The fourth-order valence-corrected chi connectivity index (χ4v) is 2.19. The second-order valence-electron chi connectivity index (χ2n) is 5.24. The van der Waals surface area contributed by atoms with E-state index in [-0.39, 0.29) is 17.0 Å². The third kappa shape index (κ3) is 6.70. The van der Waals surface area contributed by atoms with E-state index >= 15 is 0 Å². The van der Waals surface area contributed by atoms with Gasteiger partial charge in [-0.05, 0) is 42.0 Å². The predicted octanol–water partition coefficient (Wildman–Crippen LogP) is 4.01. The maximum absolute atomic E-state index is 12.1. The number of nitrogens with zero attached hydrogens (tertiary/aromatic N) is 1. The van der Waals surface area contributed by atoms with Crippen molar-refractivity contribution < 1.29 is 27.8 Å². The van der Waals surface area contributed by atoms with Gasteiger partial charge in [0.25, 0.3) is 5.91 Å². The van der Waals surface area contributed by atoms with Crippen LogP contribution in [0.2, 0.25) is 5.02 Å². The van der Waals surface area contributed by atoms with Crippen LogP contribution in [0.25, 0.3) is 6.08 Å². The molecule has 2 aromatic carbocycles. The molecule has 1 amide bonds. The van der Waals surface area contributed by atoms with Gasteiger partial charge in [-0.1, -0.05) is 23.7 Å². The highest BCUT2D eigenvalue weighted by Gasteiger charge is 2.09. The minimum absolute atomic E-state index is 0.0100. The van der Waals surface area contributed by atoms with Crippen LogP contribution in [0.3, 0.4) is 0 Å². The first-order valence-corrected chi connectivity index (χ1v) is 8.14. The molecule has 1 N–H and O–H groups in total. The van der Waals surface area contributed by atoms with Gasteiger partial charge < -0.3 is 14.8 Å². The second-order valence-corrected chi connectivity index (χ2v) is 5.67. The van der Waals surface area contributed by atoms with Crippen LogP contribution in [-0.2, 0) is 14.3 Å². The van der Waals surface area contributed by atoms with Gasteiger partial charge in [-0.3, -0.25) is 4.79 Å². The van der Waals surface area contributed by atoms with Crippen LogP contribution in [0.15, 0.2) is 48.5 Å². The molecule has 0 fully saturated rings. The highest BCUT2D eigenvalue weighted by Crippen LogP contribution is 2.20. The number of hydrogen-bond acceptors (Lipinski definition) is 5. The molecule has 0 saturated heterocycles. The van der Waals surface area contributed by atoms with Crippen molar-refractivity contribution in [3.05, 3.63) is 64.7 Å². The summed E-state index contributed by atoms with van der Waals surface area (Å²) in [5.74, 6) is -1.44. The Morgan fingerprint density at radius 1 is 1.21 bits per heavy atom. The number of nitrogens with one attached hydrogen (secondary N) is 1. The lowest BCUT2D eigenvalue weighted by Gasteiger charge is -2.07. The molecule has 0 heterocycles. The Hall–Kier alpha value is -3.44. The summed E-state index contributed by atoms with van der Waals surface area (Å²) >= 11 is 5.82. The molecule has 0 bridgehead atoms. The average Bonchev–Trinajstić information content (AvgIpc) is 2.65. The number of carbonyl (C=O) groups is 2. The van der Waals surface area contributed by atoms with Crippen LogP contribution in [0.4, 0.5) is 14.5 Å². The number of rotatable bonds is 7. The van der Waals surface area contributed by atoms with Crippen molar-refractivity contribution in [1.29, 1.82) is 5.26 Å². The molecule has 0 aliphatic carbocycles. The first kappa shape index (κ1) is 20.9. The maximum Gasteiger partial charge on any atom is 0.387 e. The first-order valence-electron chi connectivity index (χ1n) is 7.76. The second kappa shape index (κ2) is 10.0. The minimum atomic E-state index is -2.92. The van der Waals surface area contributed by atoms with Crippen molar-refractivity contribution in [1.82, 2.24) is 0 Å². The molecule has 144 valence electrons. The standard InChI is InChI=1S/C19H13ClF2N2O4/c20-14-5-4-13(10-23)16(9-14)24-17(25)11-27-18(26)8-3-12-1-6-15(7-2-12)28-19(21)22/h1-9,19H,11H2,(H,24,25)/b8-3+. The van der Waals surface area contributed by atoms with Crippen molar-refractivity contribution >= 4 is 35.2 Å². The van der Waals surface area contributed by atoms with Gasteiger partial charge in [0.2, 0.25) is 0 Å². The van der Waals surface area contributed by atoms with E-state index in [0.29, 0.717) is 10.6 Å². The molecular formula is C19H13ClF2N2O4. The molecule has 9 heteroatoms. The molecule has 0 aliphatic heterocycles. The molecule has 0 aliphatic rings. The summed E-state index contributed by atoms with van der Waals surface area (Å²) in [5, 5.41) is 11.8. The SMILES string of the molecule is N#Cc1ccc(Cl)cc1NC(=O)COC(=O)/C=C/c1ccc(OC(F)F)cc1. The molecule has 0 radical (unpaired) electrons. The largest absolute Gasteiger partial charge is 0.452 e. The average molecular weight is 407 g/mol. The summed E-state index contributed by atoms with van der Waals surface area (Å²) in [6.07, 6.45) is 2.47. The van der Waals surface area contributed by atoms with Crippen LogP contribution in [0.1, 0.15) is 11.1 Å². The van der Waals surface area contributed by atoms with Crippen molar-refractivity contribution in [2.75, 3.05) is 11.9 Å². The Balaban J connectivity index is 1.85. The lowest BCUT2D eigenvalue weighted by molar-refractivity contribution is -0.142. The zero-order valence-electron chi connectivity index (χ0n) is 14.2. The smallest absolute Gasteiger partial charge is 0.387 e. The van der Waals surface area contributed by atoms with E-state index in [4.69, 9.17) is 21.6 Å². The van der Waals surface area contributed by atoms with E-state index in [2.05, 4.69) is 10.1 Å². The molecule has 2 rings (SSSR count). The normalized spacial score (nSPS) is 10.5. The third-order valence-corrected chi connectivity index (χ3v) is 3.47. The van der Waals surface area contributed by atoms with Gasteiger partial charge in [0.15, 0.2) is 6.61 Å². The highest BCUT2D eigenvalue weighted by molar-refractivity contribution is 6.31. The number of alkyl halides is 2. The van der Waals surface area contributed by atoms with Crippen LogP contribution < -0.4 is 10.1 Å². The minimum Gasteiger partial charge on any atom is -0.452 e. The molecule has 0 atom stereocenters. The van der Waals surface area contributed by atoms with Crippen molar-refractivity contribution in [2.24, 2.45) is 0 Å². The zero-order chi connectivity index (χ0) is 20.5. The van der Waals surface area contributed by atoms with Crippen molar-refractivity contribution in [3.8, 4) is 11.8 Å². The number of ether oxygens (including phenoxy) is 2. The van der Waals surface area contributed by atoms with Gasteiger partial charge in [-0.15, -0.1) is 0 Å². The summed E-state index contributed by atoms with van der Waals surface area (Å²) in [6.45, 7) is -3.49. The molecule has 28 heavy (non-hydrogen) atoms. The summed E-state index contributed by atoms with van der Waals surface area (Å²) in [4.78, 5) is 23.5. The molecule has 0 unspecified atom stereocenters. The van der Waals surface area contributed by atoms with Gasteiger partial charge >= 0.3 is 12.6 Å².